The number of carbonyl (C=O) groups excluding carboxylic acids is 2. The lowest BCUT2D eigenvalue weighted by molar-refractivity contribution is -0.140. The molecule has 1 fully saturated rings. The molecule has 20 heavy (non-hydrogen) atoms. The second-order valence-electron chi connectivity index (χ2n) is 5.23. The minimum absolute atomic E-state index is 0.132. The first-order valence-electron chi connectivity index (χ1n) is 6.96. The van der Waals surface area contributed by atoms with Crippen molar-refractivity contribution < 1.29 is 19.5 Å². The number of carboxylic acid groups (broad SMARTS) is 1. The van der Waals surface area contributed by atoms with Crippen molar-refractivity contribution >= 4 is 18.3 Å². The van der Waals surface area contributed by atoms with Gasteiger partial charge in [-0.05, 0) is 19.8 Å². The average Bonchev–Trinajstić information content (AvgIpc) is 2.39. The zero-order valence-electron chi connectivity index (χ0n) is 11.7. The lowest BCUT2D eigenvalue weighted by Gasteiger charge is -2.36. The Labute approximate surface area is 118 Å². The fraction of sp³-hybridized carbons (Fsp3) is 0.769. The SMILES string of the molecule is CC(NC(=O)C(N)CC(=O)O)N(C=O)C1CCCCC1. The number of nitrogens with two attached hydrogens (primary N) is 1. The molecule has 1 aliphatic rings. The summed E-state index contributed by atoms with van der Waals surface area (Å²) in [5.41, 5.74) is 5.49. The van der Waals surface area contributed by atoms with E-state index in [1.54, 1.807) is 11.8 Å². The molecule has 0 aromatic rings. The molecule has 2 unspecified atom stereocenters. The Morgan fingerprint density at radius 2 is 2.00 bits per heavy atom. The summed E-state index contributed by atoms with van der Waals surface area (Å²) in [5.74, 6) is -1.68. The van der Waals surface area contributed by atoms with Gasteiger partial charge in [-0.3, -0.25) is 14.4 Å². The molecule has 0 saturated heterocycles. The summed E-state index contributed by atoms with van der Waals surface area (Å²) >= 11 is 0. The maximum Gasteiger partial charge on any atom is 0.305 e. The Morgan fingerprint density at radius 3 is 2.50 bits per heavy atom. The first-order valence-corrected chi connectivity index (χ1v) is 6.96. The fourth-order valence-electron chi connectivity index (χ4n) is 2.54. The van der Waals surface area contributed by atoms with E-state index >= 15 is 0 Å². The van der Waals surface area contributed by atoms with Crippen LogP contribution in [0.4, 0.5) is 0 Å². The van der Waals surface area contributed by atoms with Crippen LogP contribution in [0.25, 0.3) is 0 Å². The van der Waals surface area contributed by atoms with Gasteiger partial charge in [0.2, 0.25) is 12.3 Å². The van der Waals surface area contributed by atoms with Crippen LogP contribution in [-0.2, 0) is 14.4 Å². The Bertz CT molecular complexity index is 356. The van der Waals surface area contributed by atoms with E-state index in [0.717, 1.165) is 32.1 Å². The second-order valence-corrected chi connectivity index (χ2v) is 5.23. The highest BCUT2D eigenvalue weighted by Crippen LogP contribution is 2.22. The van der Waals surface area contributed by atoms with Crippen molar-refractivity contribution in [1.29, 1.82) is 0 Å². The van der Waals surface area contributed by atoms with Crippen molar-refractivity contribution in [2.75, 3.05) is 0 Å². The summed E-state index contributed by atoms with van der Waals surface area (Å²) in [4.78, 5) is 35.1. The maximum atomic E-state index is 11.8. The molecule has 2 amide bonds. The van der Waals surface area contributed by atoms with Crippen LogP contribution in [0.1, 0.15) is 45.4 Å². The Kier molecular flexibility index (Phi) is 6.44. The Morgan fingerprint density at radius 1 is 1.40 bits per heavy atom. The van der Waals surface area contributed by atoms with Gasteiger partial charge in [-0.2, -0.15) is 0 Å². The van der Waals surface area contributed by atoms with Crippen LogP contribution in [0.5, 0.6) is 0 Å². The van der Waals surface area contributed by atoms with Gasteiger partial charge in [0.05, 0.1) is 12.5 Å². The zero-order chi connectivity index (χ0) is 15.1. The summed E-state index contributed by atoms with van der Waals surface area (Å²) in [6.45, 7) is 1.70. The topological polar surface area (TPSA) is 113 Å². The molecule has 0 aliphatic heterocycles. The van der Waals surface area contributed by atoms with Gasteiger partial charge in [0.25, 0.3) is 0 Å². The molecule has 2 atom stereocenters. The molecular formula is C13H23N3O4. The molecule has 4 N–H and O–H groups in total. The van der Waals surface area contributed by atoms with Crippen LogP contribution in [0, 0.1) is 0 Å². The average molecular weight is 285 g/mol. The van der Waals surface area contributed by atoms with Crippen molar-refractivity contribution in [2.45, 2.75) is 63.7 Å². The van der Waals surface area contributed by atoms with E-state index in [9.17, 15) is 14.4 Å². The number of carboxylic acids is 1. The summed E-state index contributed by atoms with van der Waals surface area (Å²) in [6.07, 6.45) is 5.02. The minimum Gasteiger partial charge on any atom is -0.481 e. The van der Waals surface area contributed by atoms with Gasteiger partial charge in [0.15, 0.2) is 0 Å². The molecule has 7 heteroatoms. The maximum absolute atomic E-state index is 11.8. The fourth-order valence-corrected chi connectivity index (χ4v) is 2.54. The number of aliphatic carboxylic acids is 1. The third kappa shape index (κ3) is 4.80. The van der Waals surface area contributed by atoms with Gasteiger partial charge in [-0.1, -0.05) is 19.3 Å². The van der Waals surface area contributed by atoms with Crippen molar-refractivity contribution in [3.8, 4) is 0 Å². The number of nitrogens with zero attached hydrogens (tertiary/aromatic N) is 1. The van der Waals surface area contributed by atoms with E-state index in [2.05, 4.69) is 5.32 Å². The lowest BCUT2D eigenvalue weighted by atomic mass is 9.94. The Balaban J connectivity index is 2.53. The lowest BCUT2D eigenvalue weighted by Crippen LogP contribution is -2.54. The second kappa shape index (κ2) is 7.84. The standard InChI is InChI=1S/C13H23N3O4/c1-9(15-13(20)11(14)7-12(18)19)16(8-17)10-5-3-2-4-6-10/h8-11H,2-7,14H2,1H3,(H,15,20)(H,18,19). The highest BCUT2D eigenvalue weighted by Gasteiger charge is 2.26. The summed E-state index contributed by atoms with van der Waals surface area (Å²) in [5, 5.41) is 11.2. The molecule has 1 saturated carbocycles. The summed E-state index contributed by atoms with van der Waals surface area (Å²) in [7, 11) is 0. The molecule has 0 bridgehead atoms. The van der Waals surface area contributed by atoms with Crippen LogP contribution in [0.2, 0.25) is 0 Å². The number of carbonyl (C=O) groups is 3. The largest absolute Gasteiger partial charge is 0.481 e. The summed E-state index contributed by atoms with van der Waals surface area (Å²) in [6, 6.07) is -0.970. The van der Waals surface area contributed by atoms with Crippen molar-refractivity contribution in [3.05, 3.63) is 0 Å². The predicted molar refractivity (Wildman–Crippen MR) is 72.6 cm³/mol. The van der Waals surface area contributed by atoms with Gasteiger partial charge in [0, 0.05) is 6.04 Å². The molecule has 114 valence electrons. The molecule has 0 aromatic carbocycles. The quantitative estimate of drug-likeness (QED) is 0.451. The third-order valence-electron chi connectivity index (χ3n) is 3.65. The molecule has 0 radical (unpaired) electrons. The van der Waals surface area contributed by atoms with E-state index < -0.39 is 30.5 Å². The number of hydrogen-bond donors (Lipinski definition) is 3. The van der Waals surface area contributed by atoms with Gasteiger partial charge in [0.1, 0.15) is 6.17 Å². The molecule has 0 spiro atoms. The van der Waals surface area contributed by atoms with Crippen LogP contribution in [-0.4, -0.2) is 46.5 Å². The van der Waals surface area contributed by atoms with Gasteiger partial charge >= 0.3 is 5.97 Å². The number of hydrogen-bond acceptors (Lipinski definition) is 4. The normalized spacial score (nSPS) is 18.9. The minimum atomic E-state index is -1.13. The molecule has 1 aliphatic carbocycles. The molecular weight excluding hydrogens is 262 g/mol. The Hall–Kier alpha value is -1.63. The van der Waals surface area contributed by atoms with E-state index in [4.69, 9.17) is 10.8 Å². The number of amides is 2. The van der Waals surface area contributed by atoms with Crippen molar-refractivity contribution in [2.24, 2.45) is 5.73 Å². The van der Waals surface area contributed by atoms with Gasteiger partial charge in [-0.15, -0.1) is 0 Å². The van der Waals surface area contributed by atoms with E-state index in [1.807, 2.05) is 0 Å². The van der Waals surface area contributed by atoms with Crippen LogP contribution >= 0.6 is 0 Å². The number of nitrogens with one attached hydrogen (secondary N) is 1. The van der Waals surface area contributed by atoms with Gasteiger partial charge < -0.3 is 21.1 Å². The first kappa shape index (κ1) is 16.4. The van der Waals surface area contributed by atoms with E-state index in [0.29, 0.717) is 0 Å². The van der Waals surface area contributed by atoms with Crippen LogP contribution in [0.15, 0.2) is 0 Å². The first-order chi connectivity index (χ1) is 9.45. The van der Waals surface area contributed by atoms with Gasteiger partial charge in [-0.25, -0.2) is 0 Å². The molecule has 1 rings (SSSR count). The smallest absolute Gasteiger partial charge is 0.305 e. The third-order valence-corrected chi connectivity index (χ3v) is 3.65. The van der Waals surface area contributed by atoms with Crippen molar-refractivity contribution in [3.63, 3.8) is 0 Å². The zero-order valence-corrected chi connectivity index (χ0v) is 11.7. The van der Waals surface area contributed by atoms with Crippen LogP contribution < -0.4 is 11.1 Å². The van der Waals surface area contributed by atoms with Crippen LogP contribution in [0.3, 0.4) is 0 Å². The molecule has 0 aromatic heterocycles. The van der Waals surface area contributed by atoms with E-state index in [-0.39, 0.29) is 6.04 Å². The monoisotopic (exact) mass is 285 g/mol. The predicted octanol–water partition coefficient (Wildman–Crippen LogP) is 0.0417. The van der Waals surface area contributed by atoms with E-state index in [1.165, 1.54) is 6.42 Å². The molecule has 0 heterocycles. The molecule has 7 nitrogen and oxygen atoms in total. The highest BCUT2D eigenvalue weighted by atomic mass is 16.4. The highest BCUT2D eigenvalue weighted by molar-refractivity contribution is 5.86. The van der Waals surface area contributed by atoms with Crippen molar-refractivity contribution in [1.82, 2.24) is 10.2 Å². The summed E-state index contributed by atoms with van der Waals surface area (Å²) < 4.78 is 0. The number of rotatable bonds is 7.